The summed E-state index contributed by atoms with van der Waals surface area (Å²) < 4.78 is 11.4. The molecule has 1 heterocycles. The van der Waals surface area contributed by atoms with Crippen molar-refractivity contribution in [2.24, 2.45) is 4.99 Å². The fourth-order valence-electron chi connectivity index (χ4n) is 2.84. The highest BCUT2D eigenvalue weighted by atomic mass is 32.2. The molecule has 1 N–H and O–H groups in total. The van der Waals surface area contributed by atoms with Crippen LogP contribution in [0.5, 0.6) is 11.5 Å². The van der Waals surface area contributed by atoms with Crippen LogP contribution >= 0.6 is 11.8 Å². The van der Waals surface area contributed by atoms with Gasteiger partial charge in [-0.25, -0.2) is 9.79 Å². The van der Waals surface area contributed by atoms with Gasteiger partial charge in [0.1, 0.15) is 0 Å². The zero-order chi connectivity index (χ0) is 22.4. The minimum absolute atomic E-state index is 0.142. The molecule has 31 heavy (non-hydrogen) atoms. The molecule has 1 aliphatic heterocycles. The van der Waals surface area contributed by atoms with Crippen LogP contribution < -0.4 is 9.47 Å². The molecule has 1 aliphatic rings. The fourth-order valence-corrected chi connectivity index (χ4v) is 3.82. The van der Waals surface area contributed by atoms with Gasteiger partial charge in [0, 0.05) is 7.05 Å². The van der Waals surface area contributed by atoms with Crippen LogP contribution in [0.25, 0.3) is 6.08 Å². The van der Waals surface area contributed by atoms with Gasteiger partial charge in [-0.3, -0.25) is 9.69 Å². The number of hydrogen-bond donors (Lipinski definition) is 1. The zero-order valence-corrected chi connectivity index (χ0v) is 18.4. The number of carbonyl (C=O) groups is 2. The molecule has 0 aliphatic carbocycles. The molecule has 0 radical (unpaired) electrons. The van der Waals surface area contributed by atoms with Gasteiger partial charge in [0.05, 0.1) is 29.4 Å². The first-order valence-electron chi connectivity index (χ1n) is 9.92. The number of carboxylic acid groups (broad SMARTS) is 1. The van der Waals surface area contributed by atoms with Gasteiger partial charge in [-0.15, -0.1) is 0 Å². The van der Waals surface area contributed by atoms with Gasteiger partial charge in [-0.05, 0) is 67.1 Å². The van der Waals surface area contributed by atoms with Crippen molar-refractivity contribution in [2.75, 3.05) is 20.3 Å². The van der Waals surface area contributed by atoms with Crippen LogP contribution in [0.3, 0.4) is 0 Å². The van der Waals surface area contributed by atoms with Gasteiger partial charge in [0.2, 0.25) is 0 Å². The molecule has 1 amide bonds. The van der Waals surface area contributed by atoms with Crippen LogP contribution in [0.4, 0.5) is 5.69 Å². The Hall–Kier alpha value is -3.26. The molecule has 1 fully saturated rings. The van der Waals surface area contributed by atoms with Crippen molar-refractivity contribution >= 4 is 40.6 Å². The second-order valence-electron chi connectivity index (χ2n) is 6.71. The van der Waals surface area contributed by atoms with Crippen molar-refractivity contribution in [3.63, 3.8) is 0 Å². The number of likely N-dealkylation sites (N-methyl/N-ethyl adjacent to an activating group) is 1. The SMILES string of the molecule is CCCOc1ccc(/C=C2/SC(=Nc3cccc(C(=O)O)c3)N(C)C2=O)cc1OCC. The van der Waals surface area contributed by atoms with Crippen molar-refractivity contribution < 1.29 is 24.2 Å². The first kappa shape index (κ1) is 22.4. The Morgan fingerprint density at radius 3 is 2.68 bits per heavy atom. The number of aromatic carboxylic acids is 1. The number of benzene rings is 2. The zero-order valence-electron chi connectivity index (χ0n) is 17.6. The highest BCUT2D eigenvalue weighted by molar-refractivity contribution is 8.18. The molecule has 0 spiro atoms. The Balaban J connectivity index is 1.87. The average molecular weight is 441 g/mol. The summed E-state index contributed by atoms with van der Waals surface area (Å²) in [5.41, 5.74) is 1.42. The largest absolute Gasteiger partial charge is 0.490 e. The first-order chi connectivity index (χ1) is 14.9. The Morgan fingerprint density at radius 1 is 1.16 bits per heavy atom. The van der Waals surface area contributed by atoms with Gasteiger partial charge in [0.25, 0.3) is 5.91 Å². The average Bonchev–Trinajstić information content (AvgIpc) is 3.01. The van der Waals surface area contributed by atoms with E-state index in [9.17, 15) is 9.59 Å². The lowest BCUT2D eigenvalue weighted by atomic mass is 10.2. The molecule has 1 saturated heterocycles. The molecule has 0 bridgehead atoms. The van der Waals surface area contributed by atoms with E-state index in [1.165, 1.54) is 28.8 Å². The molecule has 2 aromatic rings. The summed E-state index contributed by atoms with van der Waals surface area (Å²) in [5, 5.41) is 9.63. The highest BCUT2D eigenvalue weighted by Crippen LogP contribution is 2.35. The monoisotopic (exact) mass is 440 g/mol. The van der Waals surface area contributed by atoms with Gasteiger partial charge in [-0.2, -0.15) is 0 Å². The lowest BCUT2D eigenvalue weighted by Gasteiger charge is -2.12. The molecular weight excluding hydrogens is 416 g/mol. The number of ether oxygens (including phenoxy) is 2. The van der Waals surface area contributed by atoms with Gasteiger partial charge >= 0.3 is 5.97 Å². The predicted molar refractivity (Wildman–Crippen MR) is 122 cm³/mol. The van der Waals surface area contributed by atoms with Crippen LogP contribution in [0.15, 0.2) is 52.4 Å². The second-order valence-corrected chi connectivity index (χ2v) is 7.72. The van der Waals surface area contributed by atoms with Crippen molar-refractivity contribution in [1.82, 2.24) is 4.90 Å². The summed E-state index contributed by atoms with van der Waals surface area (Å²) in [6.45, 7) is 5.05. The number of thioether (sulfide) groups is 1. The smallest absolute Gasteiger partial charge is 0.335 e. The van der Waals surface area contributed by atoms with Crippen molar-refractivity contribution in [1.29, 1.82) is 0 Å². The number of rotatable bonds is 8. The number of amidine groups is 1. The van der Waals surface area contributed by atoms with E-state index in [1.807, 2.05) is 32.0 Å². The van der Waals surface area contributed by atoms with Crippen LogP contribution in [0, 0.1) is 0 Å². The van der Waals surface area contributed by atoms with Crippen molar-refractivity contribution in [3.05, 3.63) is 58.5 Å². The third kappa shape index (κ3) is 5.46. The van der Waals surface area contributed by atoms with E-state index in [0.717, 1.165) is 12.0 Å². The summed E-state index contributed by atoms with van der Waals surface area (Å²) in [7, 11) is 1.64. The third-order valence-electron chi connectivity index (χ3n) is 4.35. The summed E-state index contributed by atoms with van der Waals surface area (Å²) in [6.07, 6.45) is 2.68. The van der Waals surface area contributed by atoms with E-state index in [2.05, 4.69) is 4.99 Å². The lowest BCUT2D eigenvalue weighted by Crippen LogP contribution is -2.23. The lowest BCUT2D eigenvalue weighted by molar-refractivity contribution is -0.121. The predicted octanol–water partition coefficient (Wildman–Crippen LogP) is 4.81. The number of hydrogen-bond acceptors (Lipinski definition) is 6. The number of carboxylic acids is 1. The molecule has 8 heteroatoms. The van der Waals surface area contributed by atoms with E-state index in [0.29, 0.717) is 40.5 Å². The third-order valence-corrected chi connectivity index (χ3v) is 5.41. The van der Waals surface area contributed by atoms with Gasteiger partial charge in [0.15, 0.2) is 16.7 Å². The van der Waals surface area contributed by atoms with Gasteiger partial charge < -0.3 is 14.6 Å². The topological polar surface area (TPSA) is 88.4 Å². The van der Waals surface area contributed by atoms with Crippen molar-refractivity contribution in [3.8, 4) is 11.5 Å². The van der Waals surface area contributed by atoms with Crippen LogP contribution in [0.1, 0.15) is 36.2 Å². The van der Waals surface area contributed by atoms with E-state index >= 15 is 0 Å². The molecule has 0 aromatic heterocycles. The maximum Gasteiger partial charge on any atom is 0.335 e. The first-order valence-corrected chi connectivity index (χ1v) is 10.7. The van der Waals surface area contributed by atoms with Crippen LogP contribution in [-0.4, -0.2) is 47.3 Å². The molecule has 162 valence electrons. The molecule has 7 nitrogen and oxygen atoms in total. The van der Waals surface area contributed by atoms with Crippen molar-refractivity contribution in [2.45, 2.75) is 20.3 Å². The Bertz CT molecular complexity index is 1050. The van der Waals surface area contributed by atoms with Crippen LogP contribution in [0.2, 0.25) is 0 Å². The number of amides is 1. The fraction of sp³-hybridized carbons (Fsp3) is 0.261. The van der Waals surface area contributed by atoms with E-state index in [4.69, 9.17) is 14.6 Å². The van der Waals surface area contributed by atoms with E-state index in [1.54, 1.807) is 25.3 Å². The standard InChI is InChI=1S/C23H24N2O5S/c1-4-11-30-18-10-9-15(12-19(18)29-5-2)13-20-21(26)25(3)23(31-20)24-17-8-6-7-16(14-17)22(27)28/h6-10,12-14H,4-5,11H2,1-3H3,(H,27,28)/b20-13+,24-23?. The summed E-state index contributed by atoms with van der Waals surface area (Å²) in [6, 6.07) is 11.9. The quantitative estimate of drug-likeness (QED) is 0.593. The van der Waals surface area contributed by atoms with Crippen LogP contribution in [-0.2, 0) is 4.79 Å². The molecule has 3 rings (SSSR count). The Labute approximate surface area is 185 Å². The minimum Gasteiger partial charge on any atom is -0.490 e. The second kappa shape index (κ2) is 10.2. The molecule has 2 aromatic carbocycles. The number of aliphatic imine (C=N–C) groups is 1. The normalized spacial score (nSPS) is 16.2. The molecule has 0 atom stereocenters. The Kier molecular flexibility index (Phi) is 7.36. The molecule has 0 saturated carbocycles. The molecule has 0 unspecified atom stereocenters. The minimum atomic E-state index is -1.03. The maximum absolute atomic E-state index is 12.7. The summed E-state index contributed by atoms with van der Waals surface area (Å²) in [5.74, 6) is 0.104. The summed E-state index contributed by atoms with van der Waals surface area (Å²) in [4.78, 5) is 30.3. The summed E-state index contributed by atoms with van der Waals surface area (Å²) >= 11 is 1.24. The number of carbonyl (C=O) groups excluding carboxylic acids is 1. The Morgan fingerprint density at radius 2 is 1.97 bits per heavy atom. The van der Waals surface area contributed by atoms with E-state index in [-0.39, 0.29) is 11.5 Å². The number of nitrogens with zero attached hydrogens (tertiary/aromatic N) is 2. The van der Waals surface area contributed by atoms with Gasteiger partial charge in [-0.1, -0.05) is 19.1 Å². The molecular formula is C23H24N2O5S. The van der Waals surface area contributed by atoms with E-state index < -0.39 is 5.97 Å². The maximum atomic E-state index is 12.7. The highest BCUT2D eigenvalue weighted by Gasteiger charge is 2.30.